The Kier molecular flexibility index (Phi) is 4.65. The SMILES string of the molecule is C=C(NNC(=O)[C@@H]1COc2ccccc2O1)c1ccc(OC)cc1O. The number of hydrazine groups is 1. The molecule has 2 aromatic rings. The topological polar surface area (TPSA) is 89.1 Å². The van der Waals surface area contributed by atoms with Crippen molar-refractivity contribution in [2.24, 2.45) is 0 Å². The lowest BCUT2D eigenvalue weighted by molar-refractivity contribution is -0.131. The third kappa shape index (κ3) is 3.60. The first kappa shape index (κ1) is 16.5. The van der Waals surface area contributed by atoms with Crippen molar-refractivity contribution in [1.82, 2.24) is 10.9 Å². The summed E-state index contributed by atoms with van der Waals surface area (Å²) in [6, 6.07) is 11.9. The molecule has 7 heteroatoms. The largest absolute Gasteiger partial charge is 0.507 e. The molecule has 1 aliphatic heterocycles. The number of amides is 1. The van der Waals surface area contributed by atoms with Gasteiger partial charge in [0.15, 0.2) is 11.5 Å². The molecule has 1 atom stereocenters. The quantitative estimate of drug-likeness (QED) is 0.719. The van der Waals surface area contributed by atoms with Crippen LogP contribution in [0.5, 0.6) is 23.0 Å². The average molecular weight is 342 g/mol. The van der Waals surface area contributed by atoms with E-state index < -0.39 is 12.0 Å². The Morgan fingerprint density at radius 3 is 2.72 bits per heavy atom. The summed E-state index contributed by atoms with van der Waals surface area (Å²) in [7, 11) is 1.51. The number of nitrogens with one attached hydrogen (secondary N) is 2. The number of para-hydroxylation sites is 2. The maximum absolute atomic E-state index is 12.2. The summed E-state index contributed by atoms with van der Waals surface area (Å²) in [4.78, 5) is 12.2. The van der Waals surface area contributed by atoms with Gasteiger partial charge in [0.2, 0.25) is 6.10 Å². The van der Waals surface area contributed by atoms with Gasteiger partial charge in [0, 0.05) is 11.6 Å². The third-order valence-corrected chi connectivity index (χ3v) is 3.67. The lowest BCUT2D eigenvalue weighted by atomic mass is 10.1. The second-order valence-electron chi connectivity index (χ2n) is 5.34. The fourth-order valence-corrected chi connectivity index (χ4v) is 2.33. The Labute approximate surface area is 144 Å². The molecule has 0 saturated heterocycles. The van der Waals surface area contributed by atoms with Gasteiger partial charge in [-0.1, -0.05) is 18.7 Å². The predicted molar refractivity (Wildman–Crippen MR) is 91.3 cm³/mol. The number of hydrogen-bond acceptors (Lipinski definition) is 6. The minimum Gasteiger partial charge on any atom is -0.507 e. The van der Waals surface area contributed by atoms with E-state index in [1.165, 1.54) is 13.2 Å². The first-order valence-corrected chi connectivity index (χ1v) is 7.59. The standard InChI is InChI=1S/C18H18N2O5/c1-11(13-8-7-12(23-2)9-14(13)21)19-20-18(22)17-10-24-15-5-3-4-6-16(15)25-17/h3-9,17,19,21H,1,10H2,2H3,(H,20,22)/t17-/m0/s1. The summed E-state index contributed by atoms with van der Waals surface area (Å²) < 4.78 is 16.1. The summed E-state index contributed by atoms with van der Waals surface area (Å²) in [6.07, 6.45) is -0.792. The molecule has 0 radical (unpaired) electrons. The fraction of sp³-hybridized carbons (Fsp3) is 0.167. The lowest BCUT2D eigenvalue weighted by Crippen LogP contribution is -2.48. The van der Waals surface area contributed by atoms with Crippen molar-refractivity contribution < 1.29 is 24.1 Å². The highest BCUT2D eigenvalue weighted by Crippen LogP contribution is 2.31. The molecule has 0 aromatic heterocycles. The van der Waals surface area contributed by atoms with Crippen molar-refractivity contribution in [2.75, 3.05) is 13.7 Å². The molecule has 1 heterocycles. The minimum absolute atomic E-state index is 0.0164. The minimum atomic E-state index is -0.792. The molecule has 1 amide bonds. The van der Waals surface area contributed by atoms with Crippen LogP contribution in [0.3, 0.4) is 0 Å². The molecule has 0 bridgehead atoms. The first-order valence-electron chi connectivity index (χ1n) is 7.59. The van der Waals surface area contributed by atoms with Gasteiger partial charge in [0.25, 0.3) is 5.91 Å². The Morgan fingerprint density at radius 1 is 1.24 bits per heavy atom. The van der Waals surface area contributed by atoms with Crippen molar-refractivity contribution in [3.63, 3.8) is 0 Å². The number of benzene rings is 2. The number of aromatic hydroxyl groups is 1. The van der Waals surface area contributed by atoms with Crippen LogP contribution >= 0.6 is 0 Å². The van der Waals surface area contributed by atoms with Gasteiger partial charge < -0.3 is 19.3 Å². The lowest BCUT2D eigenvalue weighted by Gasteiger charge is -2.25. The Balaban J connectivity index is 1.58. The molecular weight excluding hydrogens is 324 g/mol. The third-order valence-electron chi connectivity index (χ3n) is 3.67. The van der Waals surface area contributed by atoms with Gasteiger partial charge in [-0.25, -0.2) is 0 Å². The van der Waals surface area contributed by atoms with Crippen molar-refractivity contribution in [3.05, 3.63) is 54.6 Å². The average Bonchev–Trinajstić information content (AvgIpc) is 2.65. The number of hydrogen-bond donors (Lipinski definition) is 3. The van der Waals surface area contributed by atoms with Crippen molar-refractivity contribution in [1.29, 1.82) is 0 Å². The molecule has 0 fully saturated rings. The van der Waals surface area contributed by atoms with E-state index in [0.717, 1.165) is 0 Å². The smallest absolute Gasteiger partial charge is 0.282 e. The van der Waals surface area contributed by atoms with Crippen molar-refractivity contribution >= 4 is 11.6 Å². The highest BCUT2D eigenvalue weighted by molar-refractivity contribution is 5.82. The van der Waals surface area contributed by atoms with Crippen LogP contribution in [0.2, 0.25) is 0 Å². The number of fused-ring (bicyclic) bond motifs is 1. The molecule has 0 saturated carbocycles. The number of carbonyl (C=O) groups is 1. The number of ether oxygens (including phenoxy) is 3. The summed E-state index contributed by atoms with van der Waals surface area (Å²) >= 11 is 0. The fourth-order valence-electron chi connectivity index (χ4n) is 2.33. The summed E-state index contributed by atoms with van der Waals surface area (Å²) in [5, 5.41) is 9.98. The molecule has 0 unspecified atom stereocenters. The summed E-state index contributed by atoms with van der Waals surface area (Å²) in [5.41, 5.74) is 5.93. The number of phenolic OH excluding ortho intramolecular Hbond substituents is 1. The van der Waals surface area contributed by atoms with Crippen LogP contribution in [0.25, 0.3) is 5.70 Å². The van der Waals surface area contributed by atoms with Gasteiger partial charge in [-0.3, -0.25) is 15.6 Å². The Morgan fingerprint density at radius 2 is 2.00 bits per heavy atom. The van der Waals surface area contributed by atoms with Crippen LogP contribution in [0.4, 0.5) is 0 Å². The van der Waals surface area contributed by atoms with Crippen molar-refractivity contribution in [3.8, 4) is 23.0 Å². The van der Waals surface area contributed by atoms with E-state index >= 15 is 0 Å². The van der Waals surface area contributed by atoms with Crippen LogP contribution in [0, 0.1) is 0 Å². The highest BCUT2D eigenvalue weighted by Gasteiger charge is 2.27. The van der Waals surface area contributed by atoms with Crippen molar-refractivity contribution in [2.45, 2.75) is 6.10 Å². The van der Waals surface area contributed by atoms with Gasteiger partial charge in [0.1, 0.15) is 18.1 Å². The van der Waals surface area contributed by atoms with Crippen LogP contribution < -0.4 is 25.1 Å². The van der Waals surface area contributed by atoms with E-state index in [0.29, 0.717) is 28.5 Å². The van der Waals surface area contributed by atoms with Crippen LogP contribution in [-0.4, -0.2) is 30.8 Å². The van der Waals surface area contributed by atoms with Gasteiger partial charge >= 0.3 is 0 Å². The Hall–Kier alpha value is -3.35. The van der Waals surface area contributed by atoms with Gasteiger partial charge in [-0.05, 0) is 24.3 Å². The zero-order valence-electron chi connectivity index (χ0n) is 13.6. The maximum Gasteiger partial charge on any atom is 0.282 e. The number of rotatable bonds is 5. The van der Waals surface area contributed by atoms with Crippen LogP contribution in [0.15, 0.2) is 49.0 Å². The normalized spacial score (nSPS) is 15.2. The zero-order valence-corrected chi connectivity index (χ0v) is 13.6. The van der Waals surface area contributed by atoms with Crippen LogP contribution in [0.1, 0.15) is 5.56 Å². The van der Waals surface area contributed by atoms with E-state index in [1.807, 2.05) is 6.07 Å². The summed E-state index contributed by atoms with van der Waals surface area (Å²) in [5.74, 6) is 1.21. The van der Waals surface area contributed by atoms with E-state index in [2.05, 4.69) is 17.4 Å². The molecule has 25 heavy (non-hydrogen) atoms. The molecule has 3 N–H and O–H groups in total. The second-order valence-corrected chi connectivity index (χ2v) is 5.34. The first-order chi connectivity index (χ1) is 12.1. The molecule has 0 spiro atoms. The Bertz CT molecular complexity index is 806. The monoisotopic (exact) mass is 342 g/mol. The van der Waals surface area contributed by atoms with E-state index in [-0.39, 0.29) is 12.4 Å². The zero-order chi connectivity index (χ0) is 17.8. The molecule has 1 aliphatic rings. The molecule has 3 rings (SSSR count). The summed E-state index contributed by atoms with van der Waals surface area (Å²) in [6.45, 7) is 3.90. The van der Waals surface area contributed by atoms with Gasteiger partial charge in [-0.2, -0.15) is 0 Å². The highest BCUT2D eigenvalue weighted by atomic mass is 16.6. The molecular formula is C18H18N2O5. The van der Waals surface area contributed by atoms with Crippen LogP contribution in [-0.2, 0) is 4.79 Å². The van der Waals surface area contributed by atoms with E-state index in [4.69, 9.17) is 14.2 Å². The van der Waals surface area contributed by atoms with E-state index in [1.54, 1.807) is 30.3 Å². The molecule has 7 nitrogen and oxygen atoms in total. The maximum atomic E-state index is 12.2. The predicted octanol–water partition coefficient (Wildman–Crippen LogP) is 1.83. The van der Waals surface area contributed by atoms with Gasteiger partial charge in [0.05, 0.1) is 12.8 Å². The number of methoxy groups -OCH3 is 1. The molecule has 0 aliphatic carbocycles. The molecule has 2 aromatic carbocycles. The van der Waals surface area contributed by atoms with E-state index in [9.17, 15) is 9.90 Å². The van der Waals surface area contributed by atoms with Gasteiger partial charge in [-0.15, -0.1) is 0 Å². The second kappa shape index (κ2) is 7.04. The number of carbonyl (C=O) groups excluding carboxylic acids is 1. The number of phenols is 1. The molecule has 130 valence electrons.